The Morgan fingerprint density at radius 3 is 2.88 bits per heavy atom. The van der Waals surface area contributed by atoms with Gasteiger partial charge in [0.05, 0.1) is 0 Å². The molecule has 94 valence electrons. The smallest absolute Gasteiger partial charge is 0.163 e. The van der Waals surface area contributed by atoms with Crippen LogP contribution < -0.4 is 4.74 Å². The molecule has 17 heavy (non-hydrogen) atoms. The number of unbranched alkanes of at least 4 members (excludes halogenated alkanes) is 3. The van der Waals surface area contributed by atoms with Crippen LogP contribution in [-0.4, -0.2) is 4.51 Å². The van der Waals surface area contributed by atoms with Gasteiger partial charge >= 0.3 is 0 Å². The molecule has 0 radical (unpaired) electrons. The number of alkyl halides is 1. The first kappa shape index (κ1) is 12.9. The number of halogens is 1. The van der Waals surface area contributed by atoms with Gasteiger partial charge in [-0.2, -0.15) is 0 Å². The average molecular weight is 297 g/mol. The molecule has 0 amide bonds. The lowest BCUT2D eigenvalue weighted by molar-refractivity contribution is 0.133. The van der Waals surface area contributed by atoms with E-state index < -0.39 is 0 Å². The van der Waals surface area contributed by atoms with Gasteiger partial charge in [0.15, 0.2) is 4.51 Å². The number of rotatable bonds is 5. The van der Waals surface area contributed by atoms with E-state index in [1.807, 2.05) is 0 Å². The third-order valence-electron chi connectivity index (χ3n) is 3.44. The zero-order valence-corrected chi connectivity index (χ0v) is 12.1. The molecule has 0 bridgehead atoms. The minimum atomic E-state index is -0.116. The van der Waals surface area contributed by atoms with Crippen LogP contribution in [0.3, 0.4) is 0 Å². The monoisotopic (exact) mass is 296 g/mol. The van der Waals surface area contributed by atoms with E-state index in [2.05, 4.69) is 47.1 Å². The summed E-state index contributed by atoms with van der Waals surface area (Å²) in [4.78, 5) is 0. The zero-order valence-electron chi connectivity index (χ0n) is 10.5. The first-order valence-corrected chi connectivity index (χ1v) is 7.49. The van der Waals surface area contributed by atoms with Gasteiger partial charge in [-0.15, -0.1) is 0 Å². The van der Waals surface area contributed by atoms with Crippen LogP contribution in [0, 0.1) is 0 Å². The number of hydrogen-bond donors (Lipinski definition) is 0. The van der Waals surface area contributed by atoms with Gasteiger partial charge in [-0.1, -0.05) is 44.4 Å². The lowest BCUT2D eigenvalue weighted by atomic mass is 9.98. The normalized spacial score (nSPS) is 22.9. The van der Waals surface area contributed by atoms with Crippen molar-refractivity contribution in [1.29, 1.82) is 0 Å². The summed E-state index contributed by atoms with van der Waals surface area (Å²) in [7, 11) is 0. The van der Waals surface area contributed by atoms with E-state index in [1.165, 1.54) is 31.2 Å². The number of fused-ring (bicyclic) bond motifs is 1. The van der Waals surface area contributed by atoms with Gasteiger partial charge in [0.2, 0.25) is 0 Å². The molecule has 2 rings (SSSR count). The van der Waals surface area contributed by atoms with Crippen molar-refractivity contribution in [1.82, 2.24) is 0 Å². The van der Waals surface area contributed by atoms with Gasteiger partial charge in [0, 0.05) is 6.42 Å². The second-order valence-corrected chi connectivity index (χ2v) is 6.35. The molecule has 0 spiro atoms. The Kier molecular flexibility index (Phi) is 4.49. The van der Waals surface area contributed by atoms with Crippen LogP contribution >= 0.6 is 15.9 Å². The van der Waals surface area contributed by atoms with E-state index in [4.69, 9.17) is 4.74 Å². The van der Waals surface area contributed by atoms with Crippen LogP contribution in [0.15, 0.2) is 24.3 Å². The molecule has 1 aliphatic rings. The van der Waals surface area contributed by atoms with Gasteiger partial charge in [0.25, 0.3) is 0 Å². The predicted octanol–water partition coefficient (Wildman–Crippen LogP) is 5.07. The van der Waals surface area contributed by atoms with Gasteiger partial charge < -0.3 is 4.74 Å². The van der Waals surface area contributed by atoms with Gasteiger partial charge in [0.1, 0.15) is 5.75 Å². The van der Waals surface area contributed by atoms with Crippen LogP contribution in [0.25, 0.3) is 0 Å². The van der Waals surface area contributed by atoms with Gasteiger partial charge in [-0.05, 0) is 46.8 Å². The molecular weight excluding hydrogens is 276 g/mol. The standard InChI is InChI=1S/C15H21BrO/c1-2-3-4-7-11-15(16)12-10-13-8-5-6-9-14(13)17-15/h5-6,8-9H,2-4,7,10-12H2,1H3. The summed E-state index contributed by atoms with van der Waals surface area (Å²) in [5, 5.41) is 0. The summed E-state index contributed by atoms with van der Waals surface area (Å²) in [6.07, 6.45) is 8.50. The number of para-hydroxylation sites is 1. The summed E-state index contributed by atoms with van der Waals surface area (Å²) >= 11 is 3.80. The number of hydrogen-bond acceptors (Lipinski definition) is 1. The molecule has 1 unspecified atom stereocenters. The van der Waals surface area contributed by atoms with Crippen molar-refractivity contribution in [2.24, 2.45) is 0 Å². The molecule has 0 fully saturated rings. The molecule has 0 aromatic heterocycles. The van der Waals surface area contributed by atoms with Crippen LogP contribution in [0.2, 0.25) is 0 Å². The van der Waals surface area contributed by atoms with Crippen molar-refractivity contribution in [3.63, 3.8) is 0 Å². The molecule has 0 N–H and O–H groups in total. The van der Waals surface area contributed by atoms with E-state index in [1.54, 1.807) is 0 Å². The van der Waals surface area contributed by atoms with Crippen molar-refractivity contribution in [2.45, 2.75) is 56.4 Å². The highest BCUT2D eigenvalue weighted by molar-refractivity contribution is 9.10. The van der Waals surface area contributed by atoms with Crippen LogP contribution in [0.5, 0.6) is 5.75 Å². The van der Waals surface area contributed by atoms with Crippen molar-refractivity contribution in [3.8, 4) is 5.75 Å². The minimum absolute atomic E-state index is 0.116. The number of aryl methyl sites for hydroxylation is 1. The molecule has 1 aromatic carbocycles. The first-order chi connectivity index (χ1) is 8.23. The van der Waals surface area contributed by atoms with Crippen LogP contribution in [0.1, 0.15) is 51.0 Å². The summed E-state index contributed by atoms with van der Waals surface area (Å²) in [6.45, 7) is 2.25. The molecule has 0 saturated heterocycles. The van der Waals surface area contributed by atoms with Crippen molar-refractivity contribution >= 4 is 15.9 Å². The van der Waals surface area contributed by atoms with E-state index in [9.17, 15) is 0 Å². The Hall–Kier alpha value is -0.500. The Balaban J connectivity index is 1.91. The van der Waals surface area contributed by atoms with Crippen molar-refractivity contribution < 1.29 is 4.74 Å². The second kappa shape index (κ2) is 5.90. The maximum Gasteiger partial charge on any atom is 0.163 e. The molecule has 1 heterocycles. The molecule has 2 heteroatoms. The lowest BCUT2D eigenvalue weighted by Crippen LogP contribution is -2.32. The van der Waals surface area contributed by atoms with Gasteiger partial charge in [-0.25, -0.2) is 0 Å². The predicted molar refractivity (Wildman–Crippen MR) is 75.8 cm³/mol. The Bertz CT molecular complexity index is 364. The Labute approximate surface area is 113 Å². The highest BCUT2D eigenvalue weighted by Crippen LogP contribution is 2.39. The van der Waals surface area contributed by atoms with E-state index in [0.29, 0.717) is 0 Å². The maximum absolute atomic E-state index is 6.12. The topological polar surface area (TPSA) is 9.23 Å². The maximum atomic E-state index is 6.12. The molecule has 0 aliphatic carbocycles. The number of benzene rings is 1. The highest BCUT2D eigenvalue weighted by Gasteiger charge is 2.32. The fraction of sp³-hybridized carbons (Fsp3) is 0.600. The van der Waals surface area contributed by atoms with E-state index >= 15 is 0 Å². The summed E-state index contributed by atoms with van der Waals surface area (Å²) in [5.41, 5.74) is 1.34. The largest absolute Gasteiger partial charge is 0.476 e. The fourth-order valence-corrected chi connectivity index (χ4v) is 3.02. The highest BCUT2D eigenvalue weighted by atomic mass is 79.9. The molecule has 1 nitrogen and oxygen atoms in total. The second-order valence-electron chi connectivity index (χ2n) is 4.90. The van der Waals surface area contributed by atoms with Gasteiger partial charge in [-0.3, -0.25) is 0 Å². The number of ether oxygens (including phenoxy) is 1. The average Bonchev–Trinajstić information content (AvgIpc) is 2.35. The third kappa shape index (κ3) is 3.48. The summed E-state index contributed by atoms with van der Waals surface area (Å²) < 4.78 is 6.00. The minimum Gasteiger partial charge on any atom is -0.476 e. The summed E-state index contributed by atoms with van der Waals surface area (Å²) in [5.74, 6) is 1.06. The fourth-order valence-electron chi connectivity index (χ4n) is 2.37. The third-order valence-corrected chi connectivity index (χ3v) is 4.39. The van der Waals surface area contributed by atoms with Crippen LogP contribution in [0.4, 0.5) is 0 Å². The zero-order chi connectivity index (χ0) is 12.1. The Morgan fingerprint density at radius 1 is 1.24 bits per heavy atom. The SMILES string of the molecule is CCCCCCC1(Br)CCc2ccccc2O1. The van der Waals surface area contributed by atoms with Crippen LogP contribution in [-0.2, 0) is 6.42 Å². The molecular formula is C15H21BrO. The summed E-state index contributed by atoms with van der Waals surface area (Å²) in [6, 6.07) is 8.38. The van der Waals surface area contributed by atoms with Crippen molar-refractivity contribution in [3.05, 3.63) is 29.8 Å². The molecule has 1 aromatic rings. The Morgan fingerprint density at radius 2 is 2.06 bits per heavy atom. The first-order valence-electron chi connectivity index (χ1n) is 6.69. The molecule has 1 aliphatic heterocycles. The van der Waals surface area contributed by atoms with Crippen molar-refractivity contribution in [2.75, 3.05) is 0 Å². The van der Waals surface area contributed by atoms with E-state index in [0.717, 1.165) is 25.0 Å². The molecule has 1 atom stereocenters. The molecule has 0 saturated carbocycles. The van der Waals surface area contributed by atoms with E-state index in [-0.39, 0.29) is 4.51 Å². The quantitative estimate of drug-likeness (QED) is 0.544. The lowest BCUT2D eigenvalue weighted by Gasteiger charge is -2.34.